The monoisotopic (exact) mass is 359 g/mol. The zero-order valence-electron chi connectivity index (χ0n) is 14.7. The number of aromatic nitrogens is 2. The van der Waals surface area contributed by atoms with Crippen LogP contribution in [0.1, 0.15) is 29.2 Å². The lowest BCUT2D eigenvalue weighted by Crippen LogP contribution is -2.54. The number of aliphatic carboxylic acids is 1. The zero-order valence-corrected chi connectivity index (χ0v) is 14.7. The number of carboxylic acids is 1. The van der Waals surface area contributed by atoms with Crippen LogP contribution < -0.4 is 9.47 Å². The molecule has 0 aliphatic carbocycles. The average molecular weight is 359 g/mol. The van der Waals surface area contributed by atoms with Crippen LogP contribution in [-0.2, 0) is 4.79 Å². The van der Waals surface area contributed by atoms with Gasteiger partial charge in [0.1, 0.15) is 0 Å². The number of aromatic amines is 1. The maximum absolute atomic E-state index is 12.5. The molecule has 0 spiro atoms. The minimum absolute atomic E-state index is 0.172. The summed E-state index contributed by atoms with van der Waals surface area (Å²) in [5, 5.41) is 9.77. The highest BCUT2D eigenvalue weighted by atomic mass is 16.5. The topological polar surface area (TPSA) is 105 Å². The second-order valence-corrected chi connectivity index (χ2v) is 6.26. The van der Waals surface area contributed by atoms with Crippen LogP contribution in [0, 0.1) is 6.92 Å². The number of aryl methyl sites for hydroxylation is 1. The minimum Gasteiger partial charge on any atom is -0.493 e. The van der Waals surface area contributed by atoms with E-state index in [-0.39, 0.29) is 37.7 Å². The first kappa shape index (κ1) is 17.8. The normalized spacial score (nSPS) is 16.2. The number of rotatable bonds is 5. The van der Waals surface area contributed by atoms with Crippen molar-refractivity contribution in [1.82, 2.24) is 14.9 Å². The Balaban J connectivity index is 1.75. The van der Waals surface area contributed by atoms with Gasteiger partial charge in [0, 0.05) is 37.8 Å². The molecule has 1 aliphatic rings. The van der Waals surface area contributed by atoms with Crippen LogP contribution in [0.4, 0.5) is 0 Å². The second-order valence-electron chi connectivity index (χ2n) is 6.26. The highest BCUT2D eigenvalue weighted by Gasteiger charge is 2.45. The average Bonchev–Trinajstić information content (AvgIpc) is 3.08. The summed E-state index contributed by atoms with van der Waals surface area (Å²) in [6.45, 7) is 2.34. The molecule has 0 unspecified atom stereocenters. The molecule has 0 bridgehead atoms. The van der Waals surface area contributed by atoms with Crippen molar-refractivity contribution in [2.75, 3.05) is 20.2 Å². The van der Waals surface area contributed by atoms with Crippen molar-refractivity contribution in [3.63, 3.8) is 0 Å². The summed E-state index contributed by atoms with van der Waals surface area (Å²) in [6, 6.07) is 6.92. The van der Waals surface area contributed by atoms with Gasteiger partial charge in [0.2, 0.25) is 5.60 Å². The molecule has 1 aliphatic heterocycles. The number of carbonyl (C=O) groups is 2. The summed E-state index contributed by atoms with van der Waals surface area (Å²) >= 11 is 0. The molecule has 2 heterocycles. The lowest BCUT2D eigenvalue weighted by molar-refractivity contribution is -0.159. The van der Waals surface area contributed by atoms with E-state index >= 15 is 0 Å². The molecule has 0 radical (unpaired) electrons. The van der Waals surface area contributed by atoms with Crippen LogP contribution in [0.15, 0.2) is 30.5 Å². The molecular formula is C18H21N3O5. The lowest BCUT2D eigenvalue weighted by atomic mass is 9.91. The van der Waals surface area contributed by atoms with Gasteiger partial charge in [-0.1, -0.05) is 12.1 Å². The number of nitrogens with one attached hydrogen (secondary N) is 1. The number of likely N-dealkylation sites (tertiary alicyclic amines) is 1. The van der Waals surface area contributed by atoms with E-state index in [1.165, 1.54) is 7.11 Å². The molecular weight excluding hydrogens is 338 g/mol. The Hall–Kier alpha value is -3.03. The van der Waals surface area contributed by atoms with Gasteiger partial charge < -0.3 is 24.5 Å². The zero-order chi connectivity index (χ0) is 18.7. The third-order valence-electron chi connectivity index (χ3n) is 4.53. The Bertz CT molecular complexity index is 809. The number of nitrogens with zero attached hydrogens (tertiary/aromatic N) is 2. The van der Waals surface area contributed by atoms with Crippen molar-refractivity contribution in [3.05, 3.63) is 42.0 Å². The van der Waals surface area contributed by atoms with Gasteiger partial charge in [-0.2, -0.15) is 0 Å². The molecule has 1 fully saturated rings. The third kappa shape index (κ3) is 3.35. The number of piperidine rings is 1. The number of hydrogen-bond acceptors (Lipinski definition) is 5. The minimum atomic E-state index is -1.40. The van der Waals surface area contributed by atoms with E-state index in [9.17, 15) is 14.7 Å². The standard InChI is InChI=1S/C18H21N3O5/c1-12-11-19-15(20-12)16(22)21-9-7-18(8-10-21,17(23)24)26-14-6-4-3-5-13(14)25-2/h3-6,11H,7-10H2,1-2H3,(H,19,20)(H,23,24). The van der Waals surface area contributed by atoms with Gasteiger partial charge in [-0.3, -0.25) is 4.79 Å². The van der Waals surface area contributed by atoms with Gasteiger partial charge in [-0.15, -0.1) is 0 Å². The molecule has 0 atom stereocenters. The molecule has 26 heavy (non-hydrogen) atoms. The fourth-order valence-corrected chi connectivity index (χ4v) is 3.02. The van der Waals surface area contributed by atoms with Gasteiger partial charge in [0.25, 0.3) is 5.91 Å². The molecule has 1 saturated heterocycles. The van der Waals surface area contributed by atoms with Crippen LogP contribution in [0.25, 0.3) is 0 Å². The van der Waals surface area contributed by atoms with E-state index in [1.807, 2.05) is 6.92 Å². The largest absolute Gasteiger partial charge is 0.493 e. The van der Waals surface area contributed by atoms with Gasteiger partial charge in [-0.05, 0) is 19.1 Å². The quantitative estimate of drug-likeness (QED) is 0.844. The van der Waals surface area contributed by atoms with Gasteiger partial charge in [0.05, 0.1) is 7.11 Å². The van der Waals surface area contributed by atoms with E-state index in [4.69, 9.17) is 9.47 Å². The van der Waals surface area contributed by atoms with Gasteiger partial charge in [0.15, 0.2) is 17.3 Å². The van der Waals surface area contributed by atoms with E-state index in [0.717, 1.165) is 5.69 Å². The van der Waals surface area contributed by atoms with E-state index in [2.05, 4.69) is 9.97 Å². The number of amides is 1. The predicted octanol–water partition coefficient (Wildman–Crippen LogP) is 1.87. The summed E-state index contributed by atoms with van der Waals surface area (Å²) in [7, 11) is 1.50. The summed E-state index contributed by atoms with van der Waals surface area (Å²) in [5.41, 5.74) is -0.602. The Morgan fingerprint density at radius 1 is 1.23 bits per heavy atom. The SMILES string of the molecule is COc1ccccc1OC1(C(=O)O)CCN(C(=O)c2ncc(C)[nH]2)CC1. The molecule has 8 nitrogen and oxygen atoms in total. The molecule has 1 aromatic carbocycles. The van der Waals surface area contributed by atoms with Crippen molar-refractivity contribution in [3.8, 4) is 11.5 Å². The summed E-state index contributed by atoms with van der Waals surface area (Å²) in [5.74, 6) is -0.189. The van der Waals surface area contributed by atoms with Crippen LogP contribution in [-0.4, -0.2) is 57.7 Å². The first-order valence-electron chi connectivity index (χ1n) is 8.31. The van der Waals surface area contributed by atoms with Gasteiger partial charge >= 0.3 is 5.97 Å². The van der Waals surface area contributed by atoms with Crippen molar-refractivity contribution in [2.45, 2.75) is 25.4 Å². The summed E-state index contributed by atoms with van der Waals surface area (Å²) in [4.78, 5) is 33.0. The molecule has 0 saturated carbocycles. The third-order valence-corrected chi connectivity index (χ3v) is 4.53. The Kier molecular flexibility index (Phi) is 4.83. The molecule has 3 rings (SSSR count). The molecule has 1 amide bonds. The smallest absolute Gasteiger partial charge is 0.348 e. The highest BCUT2D eigenvalue weighted by Crippen LogP contribution is 2.34. The maximum atomic E-state index is 12.5. The number of imidazole rings is 1. The number of carbonyl (C=O) groups excluding carboxylic acids is 1. The number of ether oxygens (including phenoxy) is 2. The Morgan fingerprint density at radius 2 is 1.88 bits per heavy atom. The van der Waals surface area contributed by atoms with E-state index in [0.29, 0.717) is 11.5 Å². The number of hydrogen-bond donors (Lipinski definition) is 2. The summed E-state index contributed by atoms with van der Waals surface area (Å²) < 4.78 is 11.1. The number of carboxylic acid groups (broad SMARTS) is 1. The van der Waals surface area contributed by atoms with Crippen LogP contribution in [0.3, 0.4) is 0 Å². The lowest BCUT2D eigenvalue weighted by Gasteiger charge is -2.38. The number of benzene rings is 1. The molecule has 2 N–H and O–H groups in total. The summed E-state index contributed by atoms with van der Waals surface area (Å²) in [6.07, 6.45) is 1.93. The number of methoxy groups -OCH3 is 1. The fraction of sp³-hybridized carbons (Fsp3) is 0.389. The maximum Gasteiger partial charge on any atom is 0.348 e. The highest BCUT2D eigenvalue weighted by molar-refractivity contribution is 5.91. The molecule has 138 valence electrons. The number of para-hydroxylation sites is 2. The van der Waals surface area contributed by atoms with Crippen LogP contribution in [0.5, 0.6) is 11.5 Å². The van der Waals surface area contributed by atoms with E-state index < -0.39 is 11.6 Å². The van der Waals surface area contributed by atoms with E-state index in [1.54, 1.807) is 35.4 Å². The van der Waals surface area contributed by atoms with Crippen molar-refractivity contribution >= 4 is 11.9 Å². The predicted molar refractivity (Wildman–Crippen MR) is 92.5 cm³/mol. The first-order valence-corrected chi connectivity index (χ1v) is 8.31. The van der Waals surface area contributed by atoms with Crippen LogP contribution >= 0.6 is 0 Å². The first-order chi connectivity index (χ1) is 12.4. The van der Waals surface area contributed by atoms with Crippen LogP contribution in [0.2, 0.25) is 0 Å². The fourth-order valence-electron chi connectivity index (χ4n) is 3.02. The van der Waals surface area contributed by atoms with Crippen molar-refractivity contribution in [1.29, 1.82) is 0 Å². The van der Waals surface area contributed by atoms with Crippen molar-refractivity contribution < 1.29 is 24.2 Å². The Labute approximate surface area is 150 Å². The van der Waals surface area contributed by atoms with Gasteiger partial charge in [-0.25, -0.2) is 9.78 Å². The number of H-pyrrole nitrogens is 1. The van der Waals surface area contributed by atoms with Crippen molar-refractivity contribution in [2.24, 2.45) is 0 Å². The molecule has 2 aromatic rings. The molecule has 8 heteroatoms. The second kappa shape index (κ2) is 7.07. The molecule has 1 aromatic heterocycles. The Morgan fingerprint density at radius 3 is 2.42 bits per heavy atom.